The Labute approximate surface area is 115 Å². The summed E-state index contributed by atoms with van der Waals surface area (Å²) in [6.45, 7) is 0.768. The van der Waals surface area contributed by atoms with Crippen molar-refractivity contribution >= 4 is 29.6 Å². The molecule has 0 aliphatic heterocycles. The number of ether oxygens (including phenoxy) is 1. The van der Waals surface area contributed by atoms with Crippen LogP contribution in [0.3, 0.4) is 0 Å². The fourth-order valence-corrected chi connectivity index (χ4v) is 2.11. The molecule has 0 rings (SSSR count). The van der Waals surface area contributed by atoms with Gasteiger partial charge >= 0.3 is 11.9 Å². The van der Waals surface area contributed by atoms with Crippen LogP contribution in [0.5, 0.6) is 0 Å². The maximum Gasteiger partial charge on any atom is 0.327 e. The Morgan fingerprint density at radius 2 is 2.17 bits per heavy atom. The molecule has 0 spiro atoms. The van der Waals surface area contributed by atoms with Crippen LogP contribution in [0.25, 0.3) is 0 Å². The van der Waals surface area contributed by atoms with E-state index < -0.39 is 30.7 Å². The topological polar surface area (TPSA) is 92.7 Å². The second kappa shape index (κ2) is 8.79. The van der Waals surface area contributed by atoms with E-state index in [0.29, 0.717) is 0 Å². The molecule has 1 amide bonds. The molecule has 0 saturated heterocycles. The van der Waals surface area contributed by atoms with Crippen LogP contribution in [0.15, 0.2) is 0 Å². The van der Waals surface area contributed by atoms with Crippen molar-refractivity contribution in [1.82, 2.24) is 5.32 Å². The van der Waals surface area contributed by atoms with Gasteiger partial charge in [0.1, 0.15) is 6.04 Å². The third-order valence-electron chi connectivity index (χ3n) is 1.91. The molecule has 0 aliphatic rings. The second-order valence-corrected chi connectivity index (χ2v) is 4.99. The van der Waals surface area contributed by atoms with Gasteiger partial charge in [0.05, 0.1) is 13.0 Å². The number of hydrogen-bond donors (Lipinski definition) is 2. The lowest BCUT2D eigenvalue weighted by Crippen LogP contribution is -2.41. The molecule has 104 valence electrons. The monoisotopic (exact) mass is 280 g/mol. The number of aliphatic carboxylic acids is 1. The first-order valence-electron chi connectivity index (χ1n) is 6.89. The lowest BCUT2D eigenvalue weighted by molar-refractivity contribution is -0.143. The highest BCUT2D eigenvalue weighted by Crippen LogP contribution is 2.16. The van der Waals surface area contributed by atoms with Gasteiger partial charge in [-0.1, -0.05) is 6.92 Å². The van der Waals surface area contributed by atoms with Crippen molar-refractivity contribution in [2.24, 2.45) is 0 Å². The van der Waals surface area contributed by atoms with E-state index in [1.807, 2.05) is 5.32 Å². The third-order valence-corrected chi connectivity index (χ3v) is 3.17. The molecule has 0 aromatic carbocycles. The van der Waals surface area contributed by atoms with E-state index in [9.17, 15) is 14.4 Å². The summed E-state index contributed by atoms with van der Waals surface area (Å²) in [5.41, 5.74) is 0. The maximum absolute atomic E-state index is 11.3. The molecule has 0 heterocycles. The number of esters is 1. The number of amides is 1. The number of hydrogen-bond acceptors (Lipinski definition) is 5. The van der Waals surface area contributed by atoms with Crippen LogP contribution in [0.2, 0.25) is 0 Å². The molecule has 0 aromatic heterocycles. The van der Waals surface area contributed by atoms with Gasteiger partial charge in [0.15, 0.2) is 0 Å². The van der Waals surface area contributed by atoms with Crippen LogP contribution in [-0.2, 0) is 19.1 Å². The van der Waals surface area contributed by atoms with Gasteiger partial charge in [-0.3, -0.25) is 9.59 Å². The van der Waals surface area contributed by atoms with Crippen molar-refractivity contribution in [3.63, 3.8) is 0 Å². The van der Waals surface area contributed by atoms with Crippen molar-refractivity contribution in [3.05, 3.63) is 0 Å². The first kappa shape index (κ1) is 11.8. The van der Waals surface area contributed by atoms with Gasteiger partial charge in [-0.25, -0.2) is 4.79 Å². The molecule has 2 atom stereocenters. The quantitative estimate of drug-likeness (QED) is 0.634. The summed E-state index contributed by atoms with van der Waals surface area (Å²) in [5.74, 6) is -3.08. The van der Waals surface area contributed by atoms with E-state index in [1.54, 1.807) is 13.8 Å². The minimum atomic E-state index is -2.89. The SMILES string of the molecule is [2H]C([2H])([2H])C(=O)N[C@@H](CSC(C)CC(=O)OCC)C(=O)O. The fourth-order valence-electron chi connectivity index (χ4n) is 1.11. The van der Waals surface area contributed by atoms with Crippen LogP contribution < -0.4 is 5.32 Å². The van der Waals surface area contributed by atoms with Crippen LogP contribution in [0.4, 0.5) is 0 Å². The molecule has 2 N–H and O–H groups in total. The molecule has 0 aromatic rings. The fraction of sp³-hybridized carbons (Fsp3) is 0.727. The van der Waals surface area contributed by atoms with Crippen LogP contribution in [-0.4, -0.2) is 46.6 Å². The first-order valence-corrected chi connectivity index (χ1v) is 6.43. The average Bonchev–Trinajstić information content (AvgIpc) is 2.32. The van der Waals surface area contributed by atoms with Crippen LogP contribution in [0, 0.1) is 0 Å². The Hall–Kier alpha value is -1.24. The second-order valence-electron chi connectivity index (χ2n) is 3.52. The van der Waals surface area contributed by atoms with E-state index in [4.69, 9.17) is 14.0 Å². The molecule has 0 saturated carbocycles. The summed E-state index contributed by atoms with van der Waals surface area (Å²) in [6, 6.07) is -1.33. The number of thioether (sulfide) groups is 1. The molecular weight excluding hydrogens is 258 g/mol. The van der Waals surface area contributed by atoms with Gasteiger partial charge in [-0.15, -0.1) is 0 Å². The molecule has 18 heavy (non-hydrogen) atoms. The number of carbonyl (C=O) groups is 3. The minimum absolute atomic E-state index is 0.0439. The Balaban J connectivity index is 4.37. The molecule has 0 bridgehead atoms. The summed E-state index contributed by atoms with van der Waals surface area (Å²) < 4.78 is 25.4. The van der Waals surface area contributed by atoms with Gasteiger partial charge in [0.25, 0.3) is 0 Å². The summed E-state index contributed by atoms with van der Waals surface area (Å²) in [6.07, 6.45) is 0.109. The standard InChI is InChI=1S/C11H19NO5S/c1-4-17-10(14)5-7(2)18-6-9(11(15)16)12-8(3)13/h7,9H,4-6H2,1-3H3,(H,12,13)(H,15,16)/t7?,9-/m0/s1/i3D3. The summed E-state index contributed by atoms with van der Waals surface area (Å²) in [5, 5.41) is 10.7. The van der Waals surface area contributed by atoms with Crippen molar-refractivity contribution in [3.8, 4) is 0 Å². The van der Waals surface area contributed by atoms with Crippen LogP contribution >= 0.6 is 11.8 Å². The molecule has 0 aliphatic carbocycles. The molecule has 7 heteroatoms. The van der Waals surface area contributed by atoms with E-state index >= 15 is 0 Å². The normalized spacial score (nSPS) is 16.7. The highest BCUT2D eigenvalue weighted by Gasteiger charge is 2.20. The molecule has 0 fully saturated rings. The number of carboxylic acids is 1. The average molecular weight is 280 g/mol. The van der Waals surface area contributed by atoms with Crippen molar-refractivity contribution in [1.29, 1.82) is 0 Å². The third kappa shape index (κ3) is 7.94. The number of carboxylic acid groups (broad SMARTS) is 1. The number of rotatable bonds is 8. The van der Waals surface area contributed by atoms with Crippen molar-refractivity contribution in [2.45, 2.75) is 38.4 Å². The Bertz CT molecular complexity index is 389. The lowest BCUT2D eigenvalue weighted by atomic mass is 10.3. The largest absolute Gasteiger partial charge is 0.480 e. The van der Waals surface area contributed by atoms with E-state index in [2.05, 4.69) is 0 Å². The van der Waals surface area contributed by atoms with Gasteiger partial charge in [-0.05, 0) is 6.92 Å². The summed E-state index contributed by atoms with van der Waals surface area (Å²) >= 11 is 1.14. The van der Waals surface area contributed by atoms with E-state index in [0.717, 1.165) is 11.8 Å². The Kier molecular flexibility index (Phi) is 5.78. The zero-order valence-electron chi connectivity index (χ0n) is 13.3. The van der Waals surface area contributed by atoms with Gasteiger partial charge in [-0.2, -0.15) is 11.8 Å². The molecule has 0 radical (unpaired) electrons. The van der Waals surface area contributed by atoms with Gasteiger partial charge < -0.3 is 15.2 Å². The zero-order valence-corrected chi connectivity index (χ0v) is 11.1. The van der Waals surface area contributed by atoms with Crippen molar-refractivity contribution < 1.29 is 28.3 Å². The predicted octanol–water partition coefficient (Wildman–Crippen LogP) is 0.651. The van der Waals surface area contributed by atoms with Crippen molar-refractivity contribution in [2.75, 3.05) is 12.4 Å². The van der Waals surface area contributed by atoms with Gasteiger partial charge in [0.2, 0.25) is 5.91 Å². The number of carbonyl (C=O) groups excluding carboxylic acids is 2. The predicted molar refractivity (Wildman–Crippen MR) is 68.4 cm³/mol. The van der Waals surface area contributed by atoms with Gasteiger partial charge in [0, 0.05) is 22.0 Å². The highest BCUT2D eigenvalue weighted by molar-refractivity contribution is 7.99. The first-order chi connectivity index (χ1) is 9.57. The molecule has 1 unspecified atom stereocenters. The molecule has 6 nitrogen and oxygen atoms in total. The van der Waals surface area contributed by atoms with Crippen LogP contribution in [0.1, 0.15) is 31.2 Å². The summed E-state index contributed by atoms with van der Waals surface area (Å²) in [7, 11) is 0. The van der Waals surface area contributed by atoms with E-state index in [-0.39, 0.29) is 24.0 Å². The highest BCUT2D eigenvalue weighted by atomic mass is 32.2. The number of nitrogens with one attached hydrogen (secondary N) is 1. The Morgan fingerprint density at radius 1 is 1.50 bits per heavy atom. The van der Waals surface area contributed by atoms with E-state index in [1.165, 1.54) is 0 Å². The lowest BCUT2D eigenvalue weighted by Gasteiger charge is -2.15. The maximum atomic E-state index is 11.3. The zero-order chi connectivity index (χ0) is 16.6. The summed E-state index contributed by atoms with van der Waals surface area (Å²) in [4.78, 5) is 33.5. The smallest absolute Gasteiger partial charge is 0.327 e. The molecular formula is C11H19NO5S. The minimum Gasteiger partial charge on any atom is -0.480 e. The Morgan fingerprint density at radius 3 is 2.67 bits per heavy atom.